The smallest absolute Gasteiger partial charge is 0.309 e. The molecule has 2 N–H and O–H groups in total. The quantitative estimate of drug-likeness (QED) is 0.755. The van der Waals surface area contributed by atoms with E-state index in [1.165, 1.54) is 13.8 Å². The summed E-state index contributed by atoms with van der Waals surface area (Å²) in [5.74, 6) is -1.46. The van der Waals surface area contributed by atoms with Gasteiger partial charge in [-0.2, -0.15) is 0 Å². The number of carboxylic acid groups (broad SMARTS) is 1. The van der Waals surface area contributed by atoms with Crippen LogP contribution in [0.25, 0.3) is 0 Å². The number of hydrogen-bond acceptors (Lipinski definition) is 3. The number of aliphatic carboxylic acids is 1. The molecule has 5 heteroatoms. The number of carbonyl (C=O) groups is 2. The van der Waals surface area contributed by atoms with Crippen molar-refractivity contribution in [1.82, 2.24) is 5.48 Å². The molecule has 5 nitrogen and oxygen atoms in total. The van der Waals surface area contributed by atoms with Gasteiger partial charge in [-0.1, -0.05) is 30.3 Å². The summed E-state index contributed by atoms with van der Waals surface area (Å²) < 4.78 is 0. The minimum atomic E-state index is -1.10. The summed E-state index contributed by atoms with van der Waals surface area (Å²) in [7, 11) is 0. The maximum atomic E-state index is 11.5. The predicted octanol–water partition coefficient (Wildman–Crippen LogP) is 1.74. The first kappa shape index (κ1) is 14.2. The Balaban J connectivity index is 2.32. The molecule has 18 heavy (non-hydrogen) atoms. The molecule has 0 aliphatic carbocycles. The molecule has 0 aromatic heterocycles. The van der Waals surface area contributed by atoms with Crippen molar-refractivity contribution in [3.63, 3.8) is 0 Å². The van der Waals surface area contributed by atoms with Gasteiger partial charge >= 0.3 is 5.97 Å². The molecular weight excluding hydrogens is 234 g/mol. The molecule has 0 radical (unpaired) electrons. The lowest BCUT2D eigenvalue weighted by molar-refractivity contribution is -0.152. The van der Waals surface area contributed by atoms with E-state index in [-0.39, 0.29) is 13.0 Å². The van der Waals surface area contributed by atoms with Crippen molar-refractivity contribution in [3.05, 3.63) is 35.9 Å². The molecule has 0 unspecified atom stereocenters. The minimum Gasteiger partial charge on any atom is -0.481 e. The average Bonchev–Trinajstić information content (AvgIpc) is 2.29. The van der Waals surface area contributed by atoms with Crippen LogP contribution >= 0.6 is 0 Å². The van der Waals surface area contributed by atoms with Crippen LogP contribution in [0.3, 0.4) is 0 Å². The van der Waals surface area contributed by atoms with Gasteiger partial charge in [-0.05, 0) is 19.4 Å². The van der Waals surface area contributed by atoms with E-state index < -0.39 is 17.3 Å². The highest BCUT2D eigenvalue weighted by Crippen LogP contribution is 2.19. The van der Waals surface area contributed by atoms with Crippen molar-refractivity contribution in [2.45, 2.75) is 26.9 Å². The van der Waals surface area contributed by atoms with Crippen LogP contribution in [-0.2, 0) is 21.0 Å². The number of hydrogen-bond donors (Lipinski definition) is 2. The van der Waals surface area contributed by atoms with Crippen molar-refractivity contribution < 1.29 is 19.5 Å². The third kappa shape index (κ3) is 4.55. The average molecular weight is 251 g/mol. The standard InChI is InChI=1S/C13H17NO4/c1-13(2,12(16)17)8-11(15)14-18-9-10-6-4-3-5-7-10/h3-7H,8-9H2,1-2H3,(H,14,15)(H,16,17). The Kier molecular flexibility index (Phi) is 4.85. The fraction of sp³-hybridized carbons (Fsp3) is 0.385. The van der Waals surface area contributed by atoms with Gasteiger partial charge in [-0.15, -0.1) is 0 Å². The van der Waals surface area contributed by atoms with Crippen LogP contribution in [0.2, 0.25) is 0 Å². The van der Waals surface area contributed by atoms with E-state index in [0.29, 0.717) is 0 Å². The van der Waals surface area contributed by atoms with Crippen LogP contribution in [0.4, 0.5) is 0 Å². The highest BCUT2D eigenvalue weighted by molar-refractivity contribution is 5.83. The number of nitrogens with one attached hydrogen (secondary N) is 1. The molecule has 1 aromatic carbocycles. The first-order valence-electron chi connectivity index (χ1n) is 5.60. The number of hydroxylamine groups is 1. The van der Waals surface area contributed by atoms with Gasteiger partial charge in [0.2, 0.25) is 5.91 Å². The molecule has 0 heterocycles. The Morgan fingerprint density at radius 3 is 2.44 bits per heavy atom. The van der Waals surface area contributed by atoms with Crippen LogP contribution < -0.4 is 5.48 Å². The molecule has 0 aliphatic heterocycles. The summed E-state index contributed by atoms with van der Waals surface area (Å²) in [6, 6.07) is 9.36. The number of carboxylic acids is 1. The van der Waals surface area contributed by atoms with Gasteiger partial charge in [-0.3, -0.25) is 14.4 Å². The Morgan fingerprint density at radius 1 is 1.28 bits per heavy atom. The van der Waals surface area contributed by atoms with E-state index in [2.05, 4.69) is 5.48 Å². The summed E-state index contributed by atoms with van der Waals surface area (Å²) in [6.45, 7) is 3.23. The van der Waals surface area contributed by atoms with E-state index in [1.54, 1.807) is 0 Å². The summed E-state index contributed by atoms with van der Waals surface area (Å²) >= 11 is 0. The largest absolute Gasteiger partial charge is 0.481 e. The van der Waals surface area contributed by atoms with Gasteiger partial charge in [0.05, 0.1) is 12.0 Å². The van der Waals surface area contributed by atoms with E-state index >= 15 is 0 Å². The lowest BCUT2D eigenvalue weighted by atomic mass is 9.89. The second-order valence-corrected chi connectivity index (χ2v) is 4.67. The van der Waals surface area contributed by atoms with Crippen LogP contribution in [0, 0.1) is 5.41 Å². The van der Waals surface area contributed by atoms with E-state index in [9.17, 15) is 9.59 Å². The first-order valence-corrected chi connectivity index (χ1v) is 5.60. The van der Waals surface area contributed by atoms with Gasteiger partial charge in [0.15, 0.2) is 0 Å². The number of rotatable bonds is 6. The van der Waals surface area contributed by atoms with Gasteiger partial charge in [0.1, 0.15) is 0 Å². The van der Waals surface area contributed by atoms with Gasteiger partial charge in [0.25, 0.3) is 0 Å². The monoisotopic (exact) mass is 251 g/mol. The van der Waals surface area contributed by atoms with Crippen molar-refractivity contribution >= 4 is 11.9 Å². The Labute approximate surface area is 106 Å². The molecule has 1 amide bonds. The third-order valence-electron chi connectivity index (χ3n) is 2.45. The predicted molar refractivity (Wildman–Crippen MR) is 65.4 cm³/mol. The zero-order valence-corrected chi connectivity index (χ0v) is 10.5. The second-order valence-electron chi connectivity index (χ2n) is 4.67. The summed E-state index contributed by atoms with van der Waals surface area (Å²) in [5, 5.41) is 8.87. The highest BCUT2D eigenvalue weighted by Gasteiger charge is 2.30. The molecule has 0 atom stereocenters. The van der Waals surface area contributed by atoms with Crippen molar-refractivity contribution in [2.75, 3.05) is 0 Å². The molecule has 0 fully saturated rings. The normalized spacial score (nSPS) is 11.0. The molecule has 98 valence electrons. The molecule has 0 saturated carbocycles. The number of carbonyl (C=O) groups excluding carboxylic acids is 1. The molecule has 0 saturated heterocycles. The third-order valence-corrected chi connectivity index (χ3v) is 2.45. The molecule has 0 spiro atoms. The van der Waals surface area contributed by atoms with Crippen LogP contribution in [-0.4, -0.2) is 17.0 Å². The zero-order valence-electron chi connectivity index (χ0n) is 10.5. The van der Waals surface area contributed by atoms with Gasteiger partial charge in [0, 0.05) is 6.42 Å². The fourth-order valence-electron chi connectivity index (χ4n) is 1.29. The number of amides is 1. The molecule has 0 aliphatic rings. The van der Waals surface area contributed by atoms with Crippen molar-refractivity contribution in [1.29, 1.82) is 0 Å². The Hall–Kier alpha value is -1.88. The fourth-order valence-corrected chi connectivity index (χ4v) is 1.29. The van der Waals surface area contributed by atoms with Crippen LogP contribution in [0.5, 0.6) is 0 Å². The molecule has 0 bridgehead atoms. The van der Waals surface area contributed by atoms with E-state index in [1.807, 2.05) is 30.3 Å². The van der Waals surface area contributed by atoms with Crippen molar-refractivity contribution in [3.8, 4) is 0 Å². The number of benzene rings is 1. The van der Waals surface area contributed by atoms with Crippen LogP contribution in [0.15, 0.2) is 30.3 Å². The molecule has 1 rings (SSSR count). The molecule has 1 aromatic rings. The maximum absolute atomic E-state index is 11.5. The van der Waals surface area contributed by atoms with Gasteiger partial charge in [-0.25, -0.2) is 5.48 Å². The maximum Gasteiger partial charge on any atom is 0.309 e. The SMILES string of the molecule is CC(C)(CC(=O)NOCc1ccccc1)C(=O)O. The Morgan fingerprint density at radius 2 is 1.89 bits per heavy atom. The highest BCUT2D eigenvalue weighted by atomic mass is 16.6. The van der Waals surface area contributed by atoms with Gasteiger partial charge < -0.3 is 5.11 Å². The summed E-state index contributed by atoms with van der Waals surface area (Å²) in [5.41, 5.74) is 2.07. The lowest BCUT2D eigenvalue weighted by Crippen LogP contribution is -2.33. The van der Waals surface area contributed by atoms with Crippen LogP contribution in [0.1, 0.15) is 25.8 Å². The summed E-state index contributed by atoms with van der Waals surface area (Å²) in [4.78, 5) is 27.3. The topological polar surface area (TPSA) is 75.6 Å². The Bertz CT molecular complexity index is 414. The second kappa shape index (κ2) is 6.16. The zero-order chi connectivity index (χ0) is 13.6. The molecular formula is C13H17NO4. The van der Waals surface area contributed by atoms with E-state index in [0.717, 1.165) is 5.56 Å². The lowest BCUT2D eigenvalue weighted by Gasteiger charge is -2.17. The van der Waals surface area contributed by atoms with Crippen molar-refractivity contribution in [2.24, 2.45) is 5.41 Å². The first-order chi connectivity index (χ1) is 8.42. The summed E-state index contributed by atoms with van der Waals surface area (Å²) in [6.07, 6.45) is -0.128. The minimum absolute atomic E-state index is 0.128. The van der Waals surface area contributed by atoms with E-state index in [4.69, 9.17) is 9.94 Å².